The van der Waals surface area contributed by atoms with E-state index in [1.54, 1.807) is 6.42 Å². The average molecular weight is 223 g/mol. The van der Waals surface area contributed by atoms with Crippen molar-refractivity contribution in [3.63, 3.8) is 0 Å². The van der Waals surface area contributed by atoms with Crippen LogP contribution in [0.2, 0.25) is 0 Å². The molecule has 1 fully saturated rings. The molecule has 0 saturated heterocycles. The van der Waals surface area contributed by atoms with E-state index < -0.39 is 12.3 Å². The third-order valence-electron chi connectivity index (χ3n) is 1.36. The number of hydrogen-bond acceptors (Lipinski definition) is 0. The predicted octanol–water partition coefficient (Wildman–Crippen LogP) is -1.33. The molecule has 0 amide bonds. The summed E-state index contributed by atoms with van der Waals surface area (Å²) in [7, 11) is 0. The molecule has 0 heterocycles. The third-order valence-corrected chi connectivity index (χ3v) is 1.36. The topological polar surface area (TPSA) is 0 Å². The van der Waals surface area contributed by atoms with Crippen LogP contribution in [0, 0.1) is 6.42 Å². The van der Waals surface area contributed by atoms with Crippen LogP contribution < -0.4 is 17.0 Å². The molecule has 1 aliphatic rings. The number of halogens is 3. The molecular weight excluding hydrogens is 214 g/mol. The van der Waals surface area contributed by atoms with Crippen molar-refractivity contribution in [2.24, 2.45) is 0 Å². The largest absolute Gasteiger partial charge is 2.00 e. The molecule has 4 heteroatoms. The Morgan fingerprint density at radius 3 is 1.70 bits per heavy atom. The molecule has 0 aliphatic heterocycles. The molecule has 0 radical (unpaired) electrons. The molecule has 0 aromatic heterocycles. The molecule has 0 nitrogen and oxygen atoms in total. The summed E-state index contributed by atoms with van der Waals surface area (Å²) in [6.07, 6.45) is 0.841. The third kappa shape index (κ3) is 4.85. The number of alkyl halides is 2. The Hall–Kier alpha value is 1.11. The first kappa shape index (κ1) is 13.7. The first-order chi connectivity index (χ1) is 3.79. The van der Waals surface area contributed by atoms with E-state index in [-0.39, 0.29) is 46.5 Å². The minimum atomic E-state index is -0.918. The minimum absolute atomic E-state index is 0. The summed E-state index contributed by atoms with van der Waals surface area (Å²) in [5, 5.41) is 0. The fourth-order valence-electron chi connectivity index (χ4n) is 0.928. The van der Waals surface area contributed by atoms with Crippen molar-refractivity contribution in [3.05, 3.63) is 6.42 Å². The summed E-state index contributed by atoms with van der Waals surface area (Å²) in [6.45, 7) is 0. The fourth-order valence-corrected chi connectivity index (χ4v) is 0.928. The van der Waals surface area contributed by atoms with Crippen LogP contribution >= 0.6 is 0 Å². The number of rotatable bonds is 0. The van der Waals surface area contributed by atoms with Crippen LogP contribution in [0.3, 0.4) is 0 Å². The summed E-state index contributed by atoms with van der Waals surface area (Å²) in [5.74, 6) is 0. The second-order valence-electron chi connectivity index (χ2n) is 2.19. The van der Waals surface area contributed by atoms with Gasteiger partial charge in [0.1, 0.15) is 0 Å². The van der Waals surface area contributed by atoms with Crippen molar-refractivity contribution in [1.29, 1.82) is 0 Å². The molecule has 1 rings (SSSR count). The van der Waals surface area contributed by atoms with Crippen LogP contribution in [0.15, 0.2) is 0 Å². The van der Waals surface area contributed by atoms with Gasteiger partial charge in [0.15, 0.2) is 0 Å². The summed E-state index contributed by atoms with van der Waals surface area (Å²) in [5.41, 5.74) is 0. The van der Waals surface area contributed by atoms with Gasteiger partial charge in [0.25, 0.3) is 0 Å². The Morgan fingerprint density at radius 2 is 1.50 bits per heavy atom. The van der Waals surface area contributed by atoms with Crippen molar-refractivity contribution >= 4 is 23.1 Å². The maximum absolute atomic E-state index is 12.2. The van der Waals surface area contributed by atoms with Gasteiger partial charge in [-0.05, 0) is 0 Å². The Morgan fingerprint density at radius 1 is 1.10 bits per heavy atom. The van der Waals surface area contributed by atoms with E-state index in [1.807, 2.05) is 0 Å². The Labute approximate surface area is 86.7 Å². The Kier molecular flexibility index (Phi) is 9.29. The van der Waals surface area contributed by atoms with E-state index in [9.17, 15) is 8.78 Å². The minimum Gasteiger partial charge on any atom is -1.00 e. The zero-order valence-electron chi connectivity index (χ0n) is 5.69. The van der Waals surface area contributed by atoms with Gasteiger partial charge in [-0.3, -0.25) is 8.78 Å². The predicted molar refractivity (Wildman–Crippen MR) is 33.7 cm³/mol. The SMILES string of the molecule is FC1C[CH-]CC(F)C1.[Br-].[Mg+2]. The molecule has 0 N–H and O–H groups in total. The van der Waals surface area contributed by atoms with Gasteiger partial charge in [-0.2, -0.15) is 0 Å². The van der Waals surface area contributed by atoms with Crippen LogP contribution in [-0.2, 0) is 0 Å². The van der Waals surface area contributed by atoms with Crippen molar-refractivity contribution in [2.45, 2.75) is 31.6 Å². The normalized spacial score (nSPS) is 31.8. The van der Waals surface area contributed by atoms with Gasteiger partial charge in [-0.15, -0.1) is 12.8 Å². The summed E-state index contributed by atoms with van der Waals surface area (Å²) >= 11 is 0. The van der Waals surface area contributed by atoms with E-state index in [1.165, 1.54) is 0 Å². The van der Waals surface area contributed by atoms with E-state index in [0.717, 1.165) is 0 Å². The molecule has 2 atom stereocenters. The molecular formula is C6H9BrF2Mg. The van der Waals surface area contributed by atoms with E-state index in [2.05, 4.69) is 0 Å². The zero-order valence-corrected chi connectivity index (χ0v) is 8.69. The van der Waals surface area contributed by atoms with Crippen LogP contribution in [-0.4, -0.2) is 35.4 Å². The van der Waals surface area contributed by atoms with Gasteiger partial charge in [0.2, 0.25) is 0 Å². The molecule has 1 aliphatic carbocycles. The summed E-state index contributed by atoms with van der Waals surface area (Å²) < 4.78 is 24.3. The Balaban J connectivity index is 0. The molecule has 10 heavy (non-hydrogen) atoms. The summed E-state index contributed by atoms with van der Waals surface area (Å²) in [6, 6.07) is 0. The van der Waals surface area contributed by atoms with Gasteiger partial charge in [-0.25, -0.2) is 0 Å². The van der Waals surface area contributed by atoms with Crippen LogP contribution in [0.4, 0.5) is 8.78 Å². The molecule has 0 aromatic rings. The van der Waals surface area contributed by atoms with E-state index >= 15 is 0 Å². The van der Waals surface area contributed by atoms with E-state index in [0.29, 0.717) is 12.8 Å². The second kappa shape index (κ2) is 6.79. The summed E-state index contributed by atoms with van der Waals surface area (Å²) in [4.78, 5) is 0. The first-order valence-corrected chi connectivity index (χ1v) is 2.89. The van der Waals surface area contributed by atoms with Gasteiger partial charge >= 0.3 is 23.1 Å². The quantitative estimate of drug-likeness (QED) is 0.353. The maximum atomic E-state index is 12.2. The molecule has 1 saturated carbocycles. The zero-order chi connectivity index (χ0) is 5.98. The van der Waals surface area contributed by atoms with Crippen molar-refractivity contribution < 1.29 is 25.8 Å². The molecule has 0 aromatic carbocycles. The van der Waals surface area contributed by atoms with Gasteiger partial charge in [0.05, 0.1) is 12.3 Å². The van der Waals surface area contributed by atoms with Crippen LogP contribution in [0.1, 0.15) is 19.3 Å². The van der Waals surface area contributed by atoms with Crippen LogP contribution in [0.5, 0.6) is 0 Å². The van der Waals surface area contributed by atoms with Gasteiger partial charge < -0.3 is 23.4 Å². The van der Waals surface area contributed by atoms with E-state index in [4.69, 9.17) is 0 Å². The molecule has 0 spiro atoms. The monoisotopic (exact) mass is 222 g/mol. The van der Waals surface area contributed by atoms with Crippen LogP contribution in [0.25, 0.3) is 0 Å². The molecule has 56 valence electrons. The first-order valence-electron chi connectivity index (χ1n) is 2.89. The van der Waals surface area contributed by atoms with Gasteiger partial charge in [-0.1, -0.05) is 0 Å². The van der Waals surface area contributed by atoms with Crippen molar-refractivity contribution in [1.82, 2.24) is 0 Å². The van der Waals surface area contributed by atoms with Crippen molar-refractivity contribution in [2.75, 3.05) is 0 Å². The van der Waals surface area contributed by atoms with Crippen molar-refractivity contribution in [3.8, 4) is 0 Å². The smallest absolute Gasteiger partial charge is 1.00 e. The molecule has 2 unspecified atom stereocenters. The standard InChI is InChI=1S/C6H9F2.BrH.Mg/c7-5-2-1-3-6(8)4-5;;/h1,5-6H,2-4H2;1H;/q-1;;+2/p-1. The van der Waals surface area contributed by atoms with Gasteiger partial charge in [0, 0.05) is 6.42 Å². The average Bonchev–Trinajstić information content (AvgIpc) is 1.64. The fraction of sp³-hybridized carbons (Fsp3) is 0.833. The Bertz CT molecular complexity index is 74.1. The second-order valence-corrected chi connectivity index (χ2v) is 2.19. The maximum Gasteiger partial charge on any atom is 2.00 e. The number of hydrogen-bond donors (Lipinski definition) is 0. The molecule has 0 bridgehead atoms.